The Bertz CT molecular complexity index is 380. The molecule has 3 heteroatoms. The molecule has 1 fully saturated rings. The second-order valence-electron chi connectivity index (χ2n) is 5.11. The quantitative estimate of drug-likeness (QED) is 0.860. The lowest BCUT2D eigenvalue weighted by Crippen LogP contribution is -2.45. The van der Waals surface area contributed by atoms with Gasteiger partial charge >= 0.3 is 0 Å². The molecule has 0 amide bonds. The van der Waals surface area contributed by atoms with Crippen LogP contribution in [0.15, 0.2) is 24.3 Å². The zero-order valence-corrected chi connectivity index (χ0v) is 10.7. The molecule has 1 aromatic carbocycles. The summed E-state index contributed by atoms with van der Waals surface area (Å²) in [4.78, 5) is 2.33. The maximum absolute atomic E-state index is 13.5. The number of benzene rings is 1. The fourth-order valence-electron chi connectivity index (χ4n) is 2.69. The highest BCUT2D eigenvalue weighted by Crippen LogP contribution is 2.25. The Kier molecular flexibility index (Phi) is 3.79. The Morgan fingerprint density at radius 3 is 2.76 bits per heavy atom. The first kappa shape index (κ1) is 12.5. The van der Waals surface area contributed by atoms with E-state index < -0.39 is 0 Å². The first-order valence-electron chi connectivity index (χ1n) is 6.26. The van der Waals surface area contributed by atoms with E-state index in [0.717, 1.165) is 37.9 Å². The number of nitrogens with one attached hydrogen (secondary N) is 1. The van der Waals surface area contributed by atoms with Gasteiger partial charge in [0.2, 0.25) is 0 Å². The van der Waals surface area contributed by atoms with Gasteiger partial charge in [-0.3, -0.25) is 0 Å². The molecule has 1 unspecified atom stereocenters. The summed E-state index contributed by atoms with van der Waals surface area (Å²) in [7, 11) is 4.16. The Hall–Kier alpha value is -0.930. The van der Waals surface area contributed by atoms with E-state index in [1.54, 1.807) is 12.1 Å². The molecule has 1 aliphatic heterocycles. The number of halogens is 1. The number of likely N-dealkylation sites (tertiary alicyclic amines) is 1. The molecule has 2 rings (SSSR count). The third kappa shape index (κ3) is 2.85. The van der Waals surface area contributed by atoms with Crippen molar-refractivity contribution in [3.63, 3.8) is 0 Å². The van der Waals surface area contributed by atoms with Crippen LogP contribution in [-0.4, -0.2) is 37.6 Å². The van der Waals surface area contributed by atoms with Crippen LogP contribution in [0.25, 0.3) is 0 Å². The summed E-state index contributed by atoms with van der Waals surface area (Å²) in [6.45, 7) is 2.18. The molecular weight excluding hydrogens is 215 g/mol. The lowest BCUT2D eigenvalue weighted by atomic mass is 9.90. The molecule has 2 nitrogen and oxygen atoms in total. The predicted octanol–water partition coefficient (Wildman–Crippen LogP) is 2.05. The smallest absolute Gasteiger partial charge is 0.126 e. The van der Waals surface area contributed by atoms with Crippen LogP contribution in [0.5, 0.6) is 0 Å². The molecule has 0 radical (unpaired) electrons. The fourth-order valence-corrected chi connectivity index (χ4v) is 2.69. The van der Waals surface area contributed by atoms with E-state index in [1.165, 1.54) is 0 Å². The van der Waals surface area contributed by atoms with Crippen molar-refractivity contribution in [3.8, 4) is 0 Å². The van der Waals surface area contributed by atoms with E-state index in [-0.39, 0.29) is 11.4 Å². The van der Waals surface area contributed by atoms with Crippen LogP contribution >= 0.6 is 0 Å². The summed E-state index contributed by atoms with van der Waals surface area (Å²) >= 11 is 0. The van der Waals surface area contributed by atoms with Gasteiger partial charge in [0.25, 0.3) is 0 Å². The molecular formula is C14H21FN2. The van der Waals surface area contributed by atoms with Crippen LogP contribution in [0.1, 0.15) is 18.4 Å². The van der Waals surface area contributed by atoms with Crippen molar-refractivity contribution in [1.82, 2.24) is 10.2 Å². The van der Waals surface area contributed by atoms with Crippen molar-refractivity contribution >= 4 is 0 Å². The van der Waals surface area contributed by atoms with Crippen LogP contribution < -0.4 is 5.32 Å². The molecule has 1 heterocycles. The molecule has 0 spiro atoms. The lowest BCUT2D eigenvalue weighted by Gasteiger charge is -2.28. The molecule has 1 saturated heterocycles. The molecule has 17 heavy (non-hydrogen) atoms. The molecule has 0 saturated carbocycles. The summed E-state index contributed by atoms with van der Waals surface area (Å²) in [5, 5.41) is 3.43. The van der Waals surface area contributed by atoms with E-state index >= 15 is 0 Å². The van der Waals surface area contributed by atoms with Gasteiger partial charge < -0.3 is 10.2 Å². The number of nitrogens with zero attached hydrogens (tertiary/aromatic N) is 1. The standard InChI is InChI=1S/C14H21FN2/c1-16-14(9-10-17(2)11-14)8-7-12-5-3-4-6-13(12)15/h3-6,16H,7-11H2,1-2H3. The number of aryl methyl sites for hydroxylation is 1. The van der Waals surface area contributed by atoms with Crippen molar-refractivity contribution in [2.24, 2.45) is 0 Å². The van der Waals surface area contributed by atoms with Gasteiger partial charge in [-0.2, -0.15) is 0 Å². The molecule has 1 aromatic rings. The molecule has 0 aliphatic carbocycles. The van der Waals surface area contributed by atoms with E-state index in [2.05, 4.69) is 17.3 Å². The molecule has 1 N–H and O–H groups in total. The van der Waals surface area contributed by atoms with Crippen molar-refractivity contribution in [3.05, 3.63) is 35.6 Å². The number of likely N-dealkylation sites (N-methyl/N-ethyl adjacent to an activating group) is 2. The van der Waals surface area contributed by atoms with Gasteiger partial charge in [0.05, 0.1) is 0 Å². The summed E-state index contributed by atoms with van der Waals surface area (Å²) < 4.78 is 13.5. The Morgan fingerprint density at radius 2 is 2.18 bits per heavy atom. The van der Waals surface area contributed by atoms with Crippen LogP contribution in [0.3, 0.4) is 0 Å². The summed E-state index contributed by atoms with van der Waals surface area (Å²) in [5.41, 5.74) is 0.994. The fraction of sp³-hybridized carbons (Fsp3) is 0.571. The molecule has 94 valence electrons. The first-order valence-corrected chi connectivity index (χ1v) is 6.26. The van der Waals surface area contributed by atoms with Gasteiger partial charge in [-0.1, -0.05) is 18.2 Å². The monoisotopic (exact) mass is 236 g/mol. The van der Waals surface area contributed by atoms with Crippen molar-refractivity contribution in [1.29, 1.82) is 0 Å². The van der Waals surface area contributed by atoms with Crippen molar-refractivity contribution in [2.75, 3.05) is 27.2 Å². The zero-order chi connectivity index (χ0) is 12.3. The number of hydrogen-bond acceptors (Lipinski definition) is 2. The van der Waals surface area contributed by atoms with E-state index in [4.69, 9.17) is 0 Å². The highest BCUT2D eigenvalue weighted by atomic mass is 19.1. The van der Waals surface area contributed by atoms with E-state index in [0.29, 0.717) is 0 Å². The lowest BCUT2D eigenvalue weighted by molar-refractivity contribution is 0.310. The van der Waals surface area contributed by atoms with Gasteiger partial charge in [-0.15, -0.1) is 0 Å². The van der Waals surface area contributed by atoms with E-state index in [9.17, 15) is 4.39 Å². The minimum absolute atomic E-state index is 0.0786. The highest BCUT2D eigenvalue weighted by molar-refractivity contribution is 5.18. The first-order chi connectivity index (χ1) is 8.15. The summed E-state index contributed by atoms with van der Waals surface area (Å²) in [5.74, 6) is -0.0786. The number of rotatable bonds is 4. The molecule has 0 bridgehead atoms. The maximum Gasteiger partial charge on any atom is 0.126 e. The zero-order valence-electron chi connectivity index (χ0n) is 10.7. The average molecular weight is 236 g/mol. The van der Waals surface area contributed by atoms with Crippen LogP contribution in [0, 0.1) is 5.82 Å². The van der Waals surface area contributed by atoms with E-state index in [1.807, 2.05) is 19.2 Å². The minimum Gasteiger partial charge on any atom is -0.313 e. The second-order valence-corrected chi connectivity index (χ2v) is 5.11. The van der Waals surface area contributed by atoms with Crippen LogP contribution in [-0.2, 0) is 6.42 Å². The highest BCUT2D eigenvalue weighted by Gasteiger charge is 2.34. The van der Waals surface area contributed by atoms with Crippen LogP contribution in [0.2, 0.25) is 0 Å². The summed E-state index contributed by atoms with van der Waals surface area (Å²) in [6.07, 6.45) is 2.95. The third-order valence-electron chi connectivity index (χ3n) is 3.91. The summed E-state index contributed by atoms with van der Waals surface area (Å²) in [6, 6.07) is 7.08. The van der Waals surface area contributed by atoms with Gasteiger partial charge in [0.15, 0.2) is 0 Å². The minimum atomic E-state index is -0.0786. The Morgan fingerprint density at radius 1 is 1.41 bits per heavy atom. The van der Waals surface area contributed by atoms with Crippen molar-refractivity contribution in [2.45, 2.75) is 24.8 Å². The molecule has 0 aromatic heterocycles. The normalized spacial score (nSPS) is 25.4. The predicted molar refractivity (Wildman–Crippen MR) is 68.6 cm³/mol. The Balaban J connectivity index is 1.99. The van der Waals surface area contributed by atoms with Crippen molar-refractivity contribution < 1.29 is 4.39 Å². The topological polar surface area (TPSA) is 15.3 Å². The largest absolute Gasteiger partial charge is 0.313 e. The SMILES string of the molecule is CNC1(CCc2ccccc2F)CCN(C)C1. The number of hydrogen-bond donors (Lipinski definition) is 1. The second kappa shape index (κ2) is 5.15. The average Bonchev–Trinajstić information content (AvgIpc) is 2.71. The molecule has 1 aliphatic rings. The third-order valence-corrected chi connectivity index (χ3v) is 3.91. The molecule has 1 atom stereocenters. The maximum atomic E-state index is 13.5. The van der Waals surface area contributed by atoms with Gasteiger partial charge in [0, 0.05) is 12.1 Å². The Labute approximate surface area is 103 Å². The van der Waals surface area contributed by atoms with Crippen LogP contribution in [0.4, 0.5) is 4.39 Å². The van der Waals surface area contributed by atoms with Gasteiger partial charge in [0.1, 0.15) is 5.82 Å². The van der Waals surface area contributed by atoms with Gasteiger partial charge in [-0.05, 0) is 51.5 Å². The van der Waals surface area contributed by atoms with Gasteiger partial charge in [-0.25, -0.2) is 4.39 Å².